The number of thioether (sulfide) groups is 1. The molecule has 0 radical (unpaired) electrons. The Hall–Kier alpha value is -0.450. The van der Waals surface area contributed by atoms with Crippen molar-refractivity contribution < 1.29 is 13.2 Å². The van der Waals surface area contributed by atoms with E-state index >= 15 is 0 Å². The van der Waals surface area contributed by atoms with E-state index in [0.29, 0.717) is 0 Å². The van der Waals surface area contributed by atoms with Crippen LogP contribution in [0.5, 0.6) is 0 Å². The van der Waals surface area contributed by atoms with Gasteiger partial charge in [0.15, 0.2) is 0 Å². The summed E-state index contributed by atoms with van der Waals surface area (Å²) >= 11 is 1.79. The van der Waals surface area contributed by atoms with Gasteiger partial charge >= 0.3 is 6.18 Å². The maximum Gasteiger partial charge on any atom is 0.432 e. The van der Waals surface area contributed by atoms with Crippen LogP contribution in [0.25, 0.3) is 0 Å². The van der Waals surface area contributed by atoms with Crippen LogP contribution in [0.4, 0.5) is 13.2 Å². The smallest absolute Gasteiger partial charge is 0.296 e. The first-order valence-corrected chi connectivity index (χ1v) is 9.61. The van der Waals surface area contributed by atoms with Crippen LogP contribution in [0.1, 0.15) is 66.7 Å². The van der Waals surface area contributed by atoms with Gasteiger partial charge in [0.2, 0.25) is 0 Å². The minimum absolute atomic E-state index is 0.163. The van der Waals surface area contributed by atoms with E-state index in [1.807, 2.05) is 13.8 Å². The lowest BCUT2D eigenvalue weighted by atomic mass is 9.84. The van der Waals surface area contributed by atoms with Gasteiger partial charge in [-0.05, 0) is 43.4 Å². The van der Waals surface area contributed by atoms with Crippen molar-refractivity contribution in [2.45, 2.75) is 77.6 Å². The van der Waals surface area contributed by atoms with Crippen LogP contribution in [0, 0.1) is 17.2 Å². The third-order valence-corrected chi connectivity index (χ3v) is 7.01. The molecule has 3 unspecified atom stereocenters. The zero-order valence-corrected chi connectivity index (χ0v) is 15.8. The van der Waals surface area contributed by atoms with Gasteiger partial charge in [0.25, 0.3) is 0 Å². The first-order valence-electron chi connectivity index (χ1n) is 8.62. The Morgan fingerprint density at radius 1 is 1.22 bits per heavy atom. The molecular formula is C18H30F3NS. The van der Waals surface area contributed by atoms with E-state index in [-0.39, 0.29) is 22.2 Å². The minimum Gasteiger partial charge on any atom is -0.296 e. The summed E-state index contributed by atoms with van der Waals surface area (Å²) in [7, 11) is 0. The highest BCUT2D eigenvalue weighted by atomic mass is 32.2. The van der Waals surface area contributed by atoms with Gasteiger partial charge in [-0.2, -0.15) is 24.9 Å². The second-order valence-electron chi connectivity index (χ2n) is 6.73. The lowest BCUT2D eigenvalue weighted by Gasteiger charge is -2.34. The minimum atomic E-state index is -4.56. The molecule has 134 valence electrons. The van der Waals surface area contributed by atoms with Crippen molar-refractivity contribution in [2.24, 2.45) is 11.8 Å². The molecule has 0 aromatic heterocycles. The van der Waals surface area contributed by atoms with Crippen molar-refractivity contribution in [3.8, 4) is 0 Å². The van der Waals surface area contributed by atoms with Crippen LogP contribution >= 0.6 is 11.8 Å². The van der Waals surface area contributed by atoms with Crippen LogP contribution in [0.3, 0.4) is 0 Å². The van der Waals surface area contributed by atoms with Crippen LogP contribution in [0.15, 0.2) is 11.1 Å². The number of halogens is 3. The Labute approximate surface area is 143 Å². The molecule has 5 heteroatoms. The fourth-order valence-electron chi connectivity index (χ4n) is 3.90. The average Bonchev–Trinajstić information content (AvgIpc) is 2.64. The van der Waals surface area contributed by atoms with E-state index in [2.05, 4.69) is 13.8 Å². The second-order valence-corrected chi connectivity index (χ2v) is 8.28. The van der Waals surface area contributed by atoms with Gasteiger partial charge in [-0.15, -0.1) is 0 Å². The van der Waals surface area contributed by atoms with E-state index < -0.39 is 11.9 Å². The second kappa shape index (κ2) is 8.09. The Bertz CT molecular complexity index is 456. The summed E-state index contributed by atoms with van der Waals surface area (Å²) in [6.07, 6.45) is 0.968. The average molecular weight is 350 g/mol. The number of hydrogen-bond donors (Lipinski definition) is 1. The topological polar surface area (TPSA) is 23.9 Å². The van der Waals surface area contributed by atoms with Gasteiger partial charge in [-0.25, -0.2) is 0 Å². The molecule has 0 aliphatic heterocycles. The number of rotatable bonds is 8. The molecule has 1 rings (SSSR count). The van der Waals surface area contributed by atoms with Crippen LogP contribution in [-0.2, 0) is 0 Å². The van der Waals surface area contributed by atoms with Crippen molar-refractivity contribution in [3.05, 3.63) is 11.1 Å². The first kappa shape index (κ1) is 20.6. The predicted molar refractivity (Wildman–Crippen MR) is 94.4 cm³/mol. The molecule has 1 aliphatic rings. The van der Waals surface area contributed by atoms with Crippen LogP contribution < -0.4 is 0 Å². The zero-order chi connectivity index (χ0) is 17.8. The molecule has 3 atom stereocenters. The highest BCUT2D eigenvalue weighted by molar-refractivity contribution is 8.00. The standard InChI is InChI=1S/C18H30F3NS/c1-6-8-9-10-11-23-17(5)13(4)15(12(3)14(17)7-2)16(22)18(19,20)21/h12,14,22H,6-11H2,1-5H3. The Balaban J connectivity index is 2.99. The molecule has 0 bridgehead atoms. The summed E-state index contributed by atoms with van der Waals surface area (Å²) in [5.41, 5.74) is -0.149. The largest absolute Gasteiger partial charge is 0.432 e. The van der Waals surface area contributed by atoms with Crippen LogP contribution in [0.2, 0.25) is 0 Å². The highest BCUT2D eigenvalue weighted by Crippen LogP contribution is 2.54. The molecule has 0 heterocycles. The Kier molecular flexibility index (Phi) is 7.24. The summed E-state index contributed by atoms with van der Waals surface area (Å²) in [6, 6.07) is 0. The first-order chi connectivity index (χ1) is 10.6. The molecule has 23 heavy (non-hydrogen) atoms. The van der Waals surface area contributed by atoms with Gasteiger partial charge in [-0.1, -0.05) is 52.0 Å². The van der Waals surface area contributed by atoms with E-state index in [1.165, 1.54) is 19.3 Å². The Morgan fingerprint density at radius 3 is 2.30 bits per heavy atom. The maximum absolute atomic E-state index is 13.1. The summed E-state index contributed by atoms with van der Waals surface area (Å²) < 4.78 is 38.9. The predicted octanol–water partition coefficient (Wildman–Crippen LogP) is 6.63. The lowest BCUT2D eigenvalue weighted by Crippen LogP contribution is -2.31. The number of allylic oxidation sites excluding steroid dienone is 1. The van der Waals surface area contributed by atoms with E-state index in [0.717, 1.165) is 24.2 Å². The van der Waals surface area contributed by atoms with E-state index in [4.69, 9.17) is 5.41 Å². The Morgan fingerprint density at radius 2 is 1.83 bits per heavy atom. The van der Waals surface area contributed by atoms with Gasteiger partial charge < -0.3 is 0 Å². The van der Waals surface area contributed by atoms with Crippen molar-refractivity contribution >= 4 is 17.5 Å². The molecule has 0 spiro atoms. The molecule has 0 amide bonds. The normalized spacial score (nSPS) is 28.5. The third kappa shape index (κ3) is 4.34. The van der Waals surface area contributed by atoms with Gasteiger partial charge in [0.05, 0.1) is 0 Å². The number of hydrogen-bond acceptors (Lipinski definition) is 2. The monoisotopic (exact) mass is 349 g/mol. The van der Waals surface area contributed by atoms with Gasteiger partial charge in [0.1, 0.15) is 5.71 Å². The molecule has 1 nitrogen and oxygen atoms in total. The molecule has 0 fully saturated rings. The fourth-order valence-corrected chi connectivity index (χ4v) is 5.59. The van der Waals surface area contributed by atoms with Crippen molar-refractivity contribution in [2.75, 3.05) is 5.75 Å². The number of alkyl halides is 3. The van der Waals surface area contributed by atoms with E-state index in [1.54, 1.807) is 18.7 Å². The molecule has 0 saturated carbocycles. The van der Waals surface area contributed by atoms with Crippen molar-refractivity contribution in [3.63, 3.8) is 0 Å². The van der Waals surface area contributed by atoms with Crippen molar-refractivity contribution in [1.29, 1.82) is 5.41 Å². The lowest BCUT2D eigenvalue weighted by molar-refractivity contribution is -0.0594. The summed E-state index contributed by atoms with van der Waals surface area (Å²) in [6.45, 7) is 9.96. The van der Waals surface area contributed by atoms with Gasteiger partial charge in [0, 0.05) is 4.75 Å². The quantitative estimate of drug-likeness (QED) is 0.386. The van der Waals surface area contributed by atoms with Crippen LogP contribution in [-0.4, -0.2) is 22.4 Å². The summed E-state index contributed by atoms with van der Waals surface area (Å²) in [5, 5.41) is 7.62. The molecule has 1 aliphatic carbocycles. The number of unbranched alkanes of at least 4 members (excludes halogenated alkanes) is 3. The third-order valence-electron chi connectivity index (χ3n) is 5.31. The molecule has 0 saturated heterocycles. The highest BCUT2D eigenvalue weighted by Gasteiger charge is 2.51. The van der Waals surface area contributed by atoms with Gasteiger partial charge in [-0.3, -0.25) is 5.41 Å². The molecule has 0 aromatic rings. The van der Waals surface area contributed by atoms with E-state index in [9.17, 15) is 13.2 Å². The summed E-state index contributed by atoms with van der Waals surface area (Å²) in [5.74, 6) is 0.933. The fraction of sp³-hybridized carbons (Fsp3) is 0.833. The molecule has 0 aromatic carbocycles. The number of nitrogens with one attached hydrogen (secondary N) is 1. The summed E-state index contributed by atoms with van der Waals surface area (Å²) in [4.78, 5) is 0. The zero-order valence-electron chi connectivity index (χ0n) is 14.9. The SMILES string of the molecule is CCCCCCSC1(C)C(C)=C(C(=N)C(F)(F)F)C(C)C1CC. The molecule has 1 N–H and O–H groups in total. The molecular weight excluding hydrogens is 319 g/mol. The van der Waals surface area contributed by atoms with Crippen molar-refractivity contribution in [1.82, 2.24) is 0 Å². The maximum atomic E-state index is 13.1.